The van der Waals surface area contributed by atoms with E-state index >= 15 is 0 Å². The van der Waals surface area contributed by atoms with E-state index in [1.807, 2.05) is 0 Å². The summed E-state index contributed by atoms with van der Waals surface area (Å²) in [6.07, 6.45) is 0. The molecular formula is C21H18NO7S2-. The SMILES string of the molecule is O=[N+]([O-])c1cccc(COc2ccc3c(c2)S([O-])(O)CC3S(=O)(=O)c2ccccc2)c1. The number of benzene rings is 3. The third kappa shape index (κ3) is 4.15. The lowest BCUT2D eigenvalue weighted by atomic mass is 10.1. The normalized spacial score (nSPS) is 22.3. The molecule has 0 bridgehead atoms. The van der Waals surface area contributed by atoms with Gasteiger partial charge in [0.15, 0.2) is 9.84 Å². The second-order valence-electron chi connectivity index (χ2n) is 7.07. The molecule has 0 fully saturated rings. The monoisotopic (exact) mass is 460 g/mol. The second-order valence-corrected chi connectivity index (χ2v) is 11.3. The van der Waals surface area contributed by atoms with Crippen LogP contribution >= 0.6 is 10.6 Å². The Morgan fingerprint density at radius 3 is 2.52 bits per heavy atom. The number of fused-ring (bicyclic) bond motifs is 1. The van der Waals surface area contributed by atoms with Crippen molar-refractivity contribution in [2.24, 2.45) is 0 Å². The number of hydrogen-bond donors (Lipinski definition) is 1. The largest absolute Gasteiger partial charge is 0.764 e. The highest BCUT2D eigenvalue weighted by atomic mass is 32.3. The van der Waals surface area contributed by atoms with Gasteiger partial charge in [-0.15, -0.1) is 0 Å². The van der Waals surface area contributed by atoms with Crippen molar-refractivity contribution >= 4 is 26.1 Å². The molecule has 1 heterocycles. The Hall–Kier alpha value is -2.92. The first-order chi connectivity index (χ1) is 14.7. The number of rotatable bonds is 6. The van der Waals surface area contributed by atoms with Crippen LogP contribution < -0.4 is 4.74 Å². The third-order valence-electron chi connectivity index (χ3n) is 5.03. The van der Waals surface area contributed by atoms with Crippen molar-refractivity contribution in [2.45, 2.75) is 21.6 Å². The lowest BCUT2D eigenvalue weighted by molar-refractivity contribution is -0.384. The Morgan fingerprint density at radius 1 is 1.06 bits per heavy atom. The molecule has 0 spiro atoms. The highest BCUT2D eigenvalue weighted by Gasteiger charge is 2.39. The van der Waals surface area contributed by atoms with Gasteiger partial charge >= 0.3 is 0 Å². The van der Waals surface area contributed by atoms with Crippen LogP contribution in [0.2, 0.25) is 0 Å². The van der Waals surface area contributed by atoms with E-state index in [9.17, 15) is 27.6 Å². The molecule has 0 saturated heterocycles. The summed E-state index contributed by atoms with van der Waals surface area (Å²) in [7, 11) is -7.42. The average molecular weight is 461 g/mol. The molecule has 4 rings (SSSR count). The number of nitro benzene ring substituents is 1. The van der Waals surface area contributed by atoms with Crippen molar-refractivity contribution in [1.82, 2.24) is 0 Å². The van der Waals surface area contributed by atoms with E-state index in [1.165, 1.54) is 42.5 Å². The van der Waals surface area contributed by atoms with E-state index in [0.717, 1.165) is 0 Å². The predicted molar refractivity (Wildman–Crippen MR) is 114 cm³/mol. The van der Waals surface area contributed by atoms with Gasteiger partial charge in [-0.2, -0.15) is 0 Å². The lowest BCUT2D eigenvalue weighted by Crippen LogP contribution is -2.15. The first-order valence-electron chi connectivity index (χ1n) is 9.22. The molecule has 0 saturated carbocycles. The molecule has 31 heavy (non-hydrogen) atoms. The summed E-state index contributed by atoms with van der Waals surface area (Å²) in [5.41, 5.74) is 0.769. The van der Waals surface area contributed by atoms with Crippen LogP contribution in [-0.2, 0) is 16.4 Å². The third-order valence-corrected chi connectivity index (χ3v) is 9.16. The van der Waals surface area contributed by atoms with Gasteiger partial charge in [0.05, 0.1) is 9.82 Å². The predicted octanol–water partition coefficient (Wildman–Crippen LogP) is 4.47. The first kappa shape index (κ1) is 21.3. The second kappa shape index (κ2) is 7.97. The number of sulfone groups is 1. The Balaban J connectivity index is 1.61. The minimum atomic E-state index is -3.85. The zero-order valence-electron chi connectivity index (χ0n) is 16.1. The number of hydrogen-bond acceptors (Lipinski definition) is 7. The molecule has 1 aliphatic rings. The first-order valence-corrected chi connectivity index (χ1v) is 12.4. The van der Waals surface area contributed by atoms with Gasteiger partial charge in [-0.1, -0.05) is 36.4 Å². The van der Waals surface area contributed by atoms with Crippen LogP contribution in [0.5, 0.6) is 5.75 Å². The van der Waals surface area contributed by atoms with Gasteiger partial charge in [0.25, 0.3) is 5.69 Å². The highest BCUT2D eigenvalue weighted by Crippen LogP contribution is 2.61. The van der Waals surface area contributed by atoms with Gasteiger partial charge in [-0.05, 0) is 29.3 Å². The average Bonchev–Trinajstić information content (AvgIpc) is 3.04. The number of nitro groups is 1. The smallest absolute Gasteiger partial charge is 0.269 e. The van der Waals surface area contributed by atoms with Gasteiger partial charge in [0.2, 0.25) is 0 Å². The zero-order valence-corrected chi connectivity index (χ0v) is 17.7. The molecule has 1 N–H and O–H groups in total. The van der Waals surface area contributed by atoms with Crippen molar-refractivity contribution in [3.8, 4) is 5.75 Å². The number of ether oxygens (including phenoxy) is 1. The van der Waals surface area contributed by atoms with Crippen molar-refractivity contribution < 1.29 is 27.2 Å². The maximum atomic E-state index is 13.0. The topological polar surface area (TPSA) is 130 Å². The van der Waals surface area contributed by atoms with Gasteiger partial charge in [0.1, 0.15) is 17.6 Å². The van der Waals surface area contributed by atoms with Crippen LogP contribution in [0.3, 0.4) is 0 Å². The lowest BCUT2D eigenvalue weighted by Gasteiger charge is -2.42. The Bertz CT molecular complexity index is 1240. The van der Waals surface area contributed by atoms with Crippen LogP contribution in [0.4, 0.5) is 5.69 Å². The van der Waals surface area contributed by atoms with Crippen molar-refractivity contribution in [3.63, 3.8) is 0 Å². The van der Waals surface area contributed by atoms with Gasteiger partial charge in [-0.3, -0.25) is 10.1 Å². The fourth-order valence-electron chi connectivity index (χ4n) is 3.49. The van der Waals surface area contributed by atoms with Gasteiger partial charge < -0.3 is 24.4 Å². The summed E-state index contributed by atoms with van der Waals surface area (Å²) in [5.74, 6) is -0.154. The summed E-state index contributed by atoms with van der Waals surface area (Å²) in [4.78, 5) is 10.5. The minimum Gasteiger partial charge on any atom is -0.764 e. The summed E-state index contributed by atoms with van der Waals surface area (Å²) in [6.45, 7) is 0.0127. The fourth-order valence-corrected chi connectivity index (χ4v) is 7.89. The van der Waals surface area contributed by atoms with E-state index in [4.69, 9.17) is 4.74 Å². The molecule has 10 heteroatoms. The molecule has 0 amide bonds. The molecule has 2 unspecified atom stereocenters. The molecule has 0 radical (unpaired) electrons. The quantitative estimate of drug-likeness (QED) is 0.424. The standard InChI is InChI=1S/C21H19NO7S2/c23-22(24)16-6-4-5-15(11-16)13-29-17-9-10-19-20(12-17)30(25,26)14-21(19)31(27,28)18-7-2-1-3-8-18/h1-12,21,25-26H,13-14H2/p-1. The maximum Gasteiger partial charge on any atom is 0.269 e. The Morgan fingerprint density at radius 2 is 1.81 bits per heavy atom. The number of non-ortho nitro benzene ring substituents is 1. The van der Waals surface area contributed by atoms with E-state index in [-0.39, 0.29) is 33.4 Å². The minimum absolute atomic E-state index is 0.0127. The van der Waals surface area contributed by atoms with Gasteiger partial charge in [-0.25, -0.2) is 8.42 Å². The van der Waals surface area contributed by atoms with E-state index in [1.54, 1.807) is 30.3 Å². The van der Waals surface area contributed by atoms with E-state index in [2.05, 4.69) is 0 Å². The van der Waals surface area contributed by atoms with Gasteiger partial charge in [0, 0.05) is 28.8 Å². The highest BCUT2D eigenvalue weighted by molar-refractivity contribution is 8.25. The summed E-state index contributed by atoms with van der Waals surface area (Å²) < 4.78 is 55.0. The van der Waals surface area contributed by atoms with Crippen LogP contribution in [0, 0.1) is 10.1 Å². The fraction of sp³-hybridized carbons (Fsp3) is 0.143. The summed E-state index contributed by atoms with van der Waals surface area (Å²) >= 11 is 0. The molecule has 0 aromatic heterocycles. The molecule has 0 aliphatic carbocycles. The van der Waals surface area contributed by atoms with Crippen molar-refractivity contribution in [2.75, 3.05) is 5.75 Å². The summed E-state index contributed by atoms with van der Waals surface area (Å²) in [5, 5.41) is 9.77. The molecular weight excluding hydrogens is 442 g/mol. The van der Waals surface area contributed by atoms with Crippen LogP contribution in [0.25, 0.3) is 0 Å². The molecule has 2 atom stereocenters. The Kier molecular flexibility index (Phi) is 5.48. The van der Waals surface area contributed by atoms with Crippen LogP contribution in [0.15, 0.2) is 82.6 Å². The van der Waals surface area contributed by atoms with Crippen LogP contribution in [-0.4, -0.2) is 28.2 Å². The zero-order chi connectivity index (χ0) is 22.2. The summed E-state index contributed by atoms with van der Waals surface area (Å²) in [6, 6.07) is 18.2. The van der Waals surface area contributed by atoms with Crippen molar-refractivity contribution in [3.05, 3.63) is 94.0 Å². The van der Waals surface area contributed by atoms with E-state index in [0.29, 0.717) is 5.56 Å². The molecule has 3 aromatic carbocycles. The molecule has 8 nitrogen and oxygen atoms in total. The number of nitrogens with zero attached hydrogens (tertiary/aromatic N) is 1. The van der Waals surface area contributed by atoms with Crippen molar-refractivity contribution in [1.29, 1.82) is 0 Å². The Labute approximate surface area is 180 Å². The molecule has 162 valence electrons. The van der Waals surface area contributed by atoms with E-state index < -0.39 is 36.4 Å². The molecule has 1 aliphatic heterocycles. The maximum absolute atomic E-state index is 13.0. The molecule has 3 aromatic rings. The van der Waals surface area contributed by atoms with Crippen LogP contribution in [0.1, 0.15) is 16.4 Å².